The van der Waals surface area contributed by atoms with Gasteiger partial charge in [0.2, 0.25) is 54.2 Å². The Bertz CT molecular complexity index is 4450. The maximum Gasteiger partial charge on any atom is 1.00 e. The Morgan fingerprint density at radius 1 is 0.649 bits per heavy atom. The van der Waals surface area contributed by atoms with Crippen molar-refractivity contribution in [3.05, 3.63) is 102 Å². The molecule has 0 spiro atoms. The van der Waals surface area contributed by atoms with Crippen LogP contribution in [-0.2, 0) is 58.2 Å². The van der Waals surface area contributed by atoms with Crippen molar-refractivity contribution in [2.45, 2.75) is 197 Å². The average molecular weight is 1670 g/mol. The number of nitrogens with zero attached hydrogens (tertiary/aromatic N) is 12. The van der Waals surface area contributed by atoms with Gasteiger partial charge >= 0.3 is 65.8 Å². The number of amides is 5. The number of aromatic nitrogens is 9. The minimum Gasteiger partial charge on any atom is -1.00 e. The number of allylic oxidation sites excluding steroid dienone is 2. The second-order valence-electron chi connectivity index (χ2n) is 29.7. The van der Waals surface area contributed by atoms with E-state index in [2.05, 4.69) is 62.8 Å². The number of nitrogens with one attached hydrogen (secondary N) is 2. The molecule has 5 N–H and O–H groups in total. The fourth-order valence-corrected chi connectivity index (χ4v) is 14.7. The topological polar surface area (TPSA) is 463 Å². The molecular formula is C69H91Cl3FN14NaO21S2. The molecule has 3 saturated heterocycles. The van der Waals surface area contributed by atoms with Gasteiger partial charge in [-0.25, -0.2) is 60.7 Å². The Labute approximate surface area is 680 Å². The van der Waals surface area contributed by atoms with E-state index < -0.39 is 138 Å². The molecule has 7 fully saturated rings. The molecule has 0 bridgehead atoms. The first-order chi connectivity index (χ1) is 51.7. The Morgan fingerprint density at radius 3 is 1.55 bits per heavy atom. The predicted octanol–water partition coefficient (Wildman–Crippen LogP) is 5.29. The largest absolute Gasteiger partial charge is 1.00 e. The van der Waals surface area contributed by atoms with E-state index in [-0.39, 0.29) is 134 Å². The van der Waals surface area contributed by atoms with Crippen molar-refractivity contribution in [1.29, 1.82) is 0 Å². The van der Waals surface area contributed by atoms with E-state index >= 15 is 0 Å². The summed E-state index contributed by atoms with van der Waals surface area (Å²) < 4.78 is 95.5. The Hall–Kier alpha value is -8.24. The van der Waals surface area contributed by atoms with Crippen molar-refractivity contribution in [3.8, 4) is 17.8 Å². The van der Waals surface area contributed by atoms with Crippen LogP contribution in [0.15, 0.2) is 86.4 Å². The number of carbonyl (C=O) groups excluding carboxylic acids is 6. The molecule has 111 heavy (non-hydrogen) atoms. The molecule has 10 atom stereocenters. The molecular weight excluding hydrogens is 1570 g/mol. The van der Waals surface area contributed by atoms with Crippen LogP contribution in [0.1, 0.15) is 136 Å². The van der Waals surface area contributed by atoms with Gasteiger partial charge in [0.05, 0.1) is 61.6 Å². The van der Waals surface area contributed by atoms with E-state index in [1.807, 2.05) is 12.1 Å². The summed E-state index contributed by atoms with van der Waals surface area (Å²) in [7, 11) is -8.21. The fraction of sp³-hybridized carbons (Fsp3) is 0.565. The normalized spacial score (nSPS) is 23.7. The fourth-order valence-electron chi connectivity index (χ4n) is 11.4. The number of hydrogen-bond acceptors (Lipinski definition) is 27. The summed E-state index contributed by atoms with van der Waals surface area (Å²) in [5, 5.41) is 35.2. The van der Waals surface area contributed by atoms with Crippen molar-refractivity contribution >= 4 is 114 Å². The van der Waals surface area contributed by atoms with Crippen molar-refractivity contribution in [1.82, 2.24) is 69.2 Å². The number of sulfonamides is 2. The molecule has 0 radical (unpaired) electrons. The van der Waals surface area contributed by atoms with Gasteiger partial charge in [-0.3, -0.25) is 42.9 Å². The standard InChI is InChI=1S/C30H35N7O8S.C14H18ClN3O5.C10H17NO5.C10H15NO3S.C4H2Cl2N2.CH3F.Na.H/c1-5-18-15-30(18,26(39)34-46(41,42)20-10-11-20)16-24(38)23-14-19(17-36(23)28(40)44-29(2,3)4)43-25-12-13-31-27(32-25)45-37-22-9-7-6-8-21(22)33-35-37;1-14(2,3)23-13(21)18-7-8(6-9(18)11(19)20)22-10-4-5-16-12(15)17-10;1-10(2,3)16-9(15)11-5-6(12)4-7(11)8(13)14;1-3-7-6-10(7,2)9(12)11-15(13,14)8-4-5-8;5-3-1-2-7-4(6)8-3;1-2;;/h5-9,12-13,18-20,23H,1,10-11,14-17H2,2-4H3,(H,34,39);4-5,8-9H,6-7H2,1-3H3,(H,19,20);6-7,12H,4-5H2,1-3H3,(H,13,14);3,7-8H,1,4-6H2,2H3,(H,11,12);1-2H;1H3;;/q;;;;;;+1;-1/t18?,19-,23+,30?;8-,9+;6-,7+;;;;;/m111...../s1/i;;;;;1D;;. The van der Waals surface area contributed by atoms with Gasteiger partial charge in [0.25, 0.3) is 0 Å². The summed E-state index contributed by atoms with van der Waals surface area (Å²) in [5.74, 6) is -3.64. The van der Waals surface area contributed by atoms with Crippen LogP contribution in [0.3, 0.4) is 0 Å². The number of hydrogen-bond donors (Lipinski definition) is 5. The third-order valence-corrected chi connectivity index (χ3v) is 21.6. The molecule has 5 aromatic rings. The zero-order valence-corrected chi connectivity index (χ0v) is 68.8. The summed E-state index contributed by atoms with van der Waals surface area (Å²) in [5.41, 5.74) is -2.81. The first-order valence-electron chi connectivity index (χ1n) is 35.1. The van der Waals surface area contributed by atoms with Gasteiger partial charge in [0, 0.05) is 56.4 Å². The summed E-state index contributed by atoms with van der Waals surface area (Å²) >= 11 is 16.4. The number of benzene rings is 1. The number of Topliss-reactive ketones (excluding diaryl/α,β-unsaturated/α-hetero) is 1. The number of ketones is 1. The SMILES string of the molecule is C=CC1CC1(C)C(=O)NS(=O)(=O)C1CC1.C=CC1CC1(CC(=O)[C@@H]1C[C@@H](Oc2ccnc(On3nnc4ccccc43)n2)CN1C(=O)OC(C)(C)C)C(=O)NS(=O)(=O)C1CC1.CC(C)(C)OC(=O)N1C[C@H](O)C[C@H]1C(=O)O.CC(C)(C)OC(=O)N1C[C@H](Oc2ccnc(Cl)n2)C[C@H]1C(=O)O.Clc1ccnc(Cl)n1.[2H]CF.[H-].[Na+]. The van der Waals surface area contributed by atoms with E-state index in [0.29, 0.717) is 48.3 Å². The van der Waals surface area contributed by atoms with E-state index in [1.54, 1.807) is 99.6 Å². The molecule has 35 nitrogen and oxygen atoms in total. The van der Waals surface area contributed by atoms with Crippen LogP contribution in [0.25, 0.3) is 11.0 Å². The number of carbonyl (C=O) groups is 8. The number of rotatable bonds is 19. The van der Waals surface area contributed by atoms with Crippen LogP contribution >= 0.6 is 34.8 Å². The van der Waals surface area contributed by atoms with Gasteiger partial charge < -0.3 is 45.3 Å². The van der Waals surface area contributed by atoms with Crippen molar-refractivity contribution < 1.29 is 136 Å². The molecule has 3 aliphatic heterocycles. The maximum absolute atomic E-state index is 13.9. The van der Waals surface area contributed by atoms with Gasteiger partial charge in [-0.2, -0.15) is 9.97 Å². The van der Waals surface area contributed by atoms with Gasteiger partial charge in [0.15, 0.2) is 5.78 Å². The summed E-state index contributed by atoms with van der Waals surface area (Å²) in [4.78, 5) is 132. The molecule has 7 heterocycles. The van der Waals surface area contributed by atoms with Crippen LogP contribution in [0.4, 0.5) is 18.8 Å². The van der Waals surface area contributed by atoms with Gasteiger partial charge in [-0.15, -0.1) is 18.3 Å². The van der Waals surface area contributed by atoms with Crippen molar-refractivity contribution in [2.24, 2.45) is 22.7 Å². The molecule has 5 amide bonds. The van der Waals surface area contributed by atoms with Crippen LogP contribution in [0.2, 0.25) is 15.7 Å². The van der Waals surface area contributed by atoms with E-state index in [9.17, 15) is 69.8 Å². The number of aliphatic carboxylic acids is 2. The molecule has 604 valence electrons. The maximum atomic E-state index is 13.9. The summed E-state index contributed by atoms with van der Waals surface area (Å²) in [6, 6.07) is 8.71. The minimum absolute atomic E-state index is 0. The molecule has 4 unspecified atom stereocenters. The number of β-amino-alcohol motifs (C(OH)–C–C–N with tert-alkyl or cyclic N) is 1. The predicted molar refractivity (Wildman–Crippen MR) is 394 cm³/mol. The number of aliphatic hydroxyl groups is 1. The van der Waals surface area contributed by atoms with Gasteiger partial charge in [-0.05, 0) is 159 Å². The van der Waals surface area contributed by atoms with Crippen LogP contribution in [-0.4, -0.2) is 230 Å². The van der Waals surface area contributed by atoms with Gasteiger partial charge in [-0.1, -0.05) is 47.7 Å². The Morgan fingerprint density at radius 2 is 1.10 bits per heavy atom. The van der Waals surface area contributed by atoms with E-state index in [1.165, 1.54) is 40.5 Å². The molecule has 4 aliphatic carbocycles. The molecule has 1 aromatic carbocycles. The second-order valence-corrected chi connectivity index (χ2v) is 34.6. The number of ether oxygens (including phenoxy) is 5. The minimum atomic E-state index is -3.82. The summed E-state index contributed by atoms with van der Waals surface area (Å²) in [6.07, 6.45) is 6.83. The third-order valence-electron chi connectivity index (χ3n) is 17.4. The second kappa shape index (κ2) is 38.1. The number of likely N-dealkylation sites (tertiary alicyclic amines) is 3. The van der Waals surface area contributed by atoms with Crippen LogP contribution < -0.4 is 53.3 Å². The molecule has 7 aliphatic rings. The zero-order valence-electron chi connectivity index (χ0n) is 64.9. The monoisotopic (exact) mass is 1660 g/mol. The average Bonchev–Trinajstić information content (AvgIpc) is 1.69. The molecule has 4 aromatic heterocycles. The van der Waals surface area contributed by atoms with E-state index in [4.69, 9.17) is 69.8 Å². The number of carboxylic acid groups (broad SMARTS) is 2. The van der Waals surface area contributed by atoms with Crippen molar-refractivity contribution in [2.75, 3.05) is 26.8 Å². The first kappa shape index (κ1) is 90.0. The third kappa shape index (κ3) is 26.4. The first-order valence-corrected chi connectivity index (χ1v) is 38.6. The van der Waals surface area contributed by atoms with Gasteiger partial charge in [0.1, 0.15) is 57.3 Å². The number of para-hydroxylation sites is 1. The molecule has 4 saturated carbocycles. The smallest absolute Gasteiger partial charge is 1.00 e. The quantitative estimate of drug-likeness (QED) is 0.0230. The Kier molecular flexibility index (Phi) is 30.8. The molecule has 12 rings (SSSR count). The number of alkyl halides is 1. The summed E-state index contributed by atoms with van der Waals surface area (Å²) in [6.45, 7) is 24.6. The number of aliphatic hydroxyl groups excluding tert-OH is 1. The van der Waals surface area contributed by atoms with Crippen LogP contribution in [0.5, 0.6) is 17.8 Å². The zero-order chi connectivity index (χ0) is 82.5. The van der Waals surface area contributed by atoms with Crippen molar-refractivity contribution in [3.63, 3.8) is 0 Å². The number of carboxylic acids is 2. The molecule has 42 heteroatoms. The Balaban J connectivity index is 0.000000283. The van der Waals surface area contributed by atoms with E-state index in [0.717, 1.165) is 9.80 Å². The number of halogens is 4. The number of fused-ring (bicyclic) bond motifs is 1. The van der Waals surface area contributed by atoms with Crippen LogP contribution in [0, 0.1) is 22.7 Å².